The van der Waals surface area contributed by atoms with Gasteiger partial charge >= 0.3 is 6.03 Å². The van der Waals surface area contributed by atoms with E-state index < -0.39 is 6.03 Å². The van der Waals surface area contributed by atoms with Crippen LogP contribution >= 0.6 is 11.6 Å². The summed E-state index contributed by atoms with van der Waals surface area (Å²) >= 11 is 5.78. The van der Waals surface area contributed by atoms with E-state index in [1.807, 2.05) is 6.07 Å². The van der Waals surface area contributed by atoms with Crippen LogP contribution in [0.5, 0.6) is 5.75 Å². The van der Waals surface area contributed by atoms with Crippen LogP contribution in [0.4, 0.5) is 16.2 Å². The largest absolute Gasteiger partial charge is 0.495 e. The molecule has 2 N–H and O–H groups in total. The van der Waals surface area contributed by atoms with Crippen molar-refractivity contribution < 1.29 is 9.53 Å². The molecule has 2 aromatic carbocycles. The Labute approximate surface area is 127 Å². The van der Waals surface area contributed by atoms with E-state index in [9.17, 15) is 4.79 Å². The van der Waals surface area contributed by atoms with Gasteiger partial charge in [-0.3, -0.25) is 0 Å². The highest BCUT2D eigenvalue weighted by molar-refractivity contribution is 6.30. The SMILES string of the molecule is COc1cccc(C#N)c1NC(=O)Nc1ccc(Cl)cc1. The summed E-state index contributed by atoms with van der Waals surface area (Å²) in [6.07, 6.45) is 0. The number of nitriles is 1. The fraction of sp³-hybridized carbons (Fsp3) is 0.0667. The van der Waals surface area contributed by atoms with Gasteiger partial charge in [-0.25, -0.2) is 4.79 Å². The van der Waals surface area contributed by atoms with Crippen LogP contribution in [0.2, 0.25) is 5.02 Å². The third-order valence-corrected chi connectivity index (χ3v) is 2.96. The molecule has 0 radical (unpaired) electrons. The molecule has 0 aliphatic heterocycles. The lowest BCUT2D eigenvalue weighted by Crippen LogP contribution is -2.20. The molecule has 2 rings (SSSR count). The van der Waals surface area contributed by atoms with Crippen molar-refractivity contribution in [2.24, 2.45) is 0 Å². The number of amides is 2. The van der Waals surface area contributed by atoms with Gasteiger partial charge in [0.25, 0.3) is 0 Å². The first-order valence-corrected chi connectivity index (χ1v) is 6.42. The average Bonchev–Trinajstić information content (AvgIpc) is 2.49. The molecular weight excluding hydrogens is 290 g/mol. The number of hydrogen-bond donors (Lipinski definition) is 2. The summed E-state index contributed by atoms with van der Waals surface area (Å²) in [6, 6.07) is 13.2. The molecule has 5 nitrogen and oxygen atoms in total. The lowest BCUT2D eigenvalue weighted by molar-refractivity contribution is 0.262. The highest BCUT2D eigenvalue weighted by atomic mass is 35.5. The Balaban J connectivity index is 2.16. The predicted octanol–water partition coefficient (Wildman–Crippen LogP) is 3.86. The molecule has 0 atom stereocenters. The number of rotatable bonds is 3. The number of benzene rings is 2. The van der Waals surface area contributed by atoms with Crippen LogP contribution in [0.3, 0.4) is 0 Å². The highest BCUT2D eigenvalue weighted by Gasteiger charge is 2.12. The van der Waals surface area contributed by atoms with Crippen LogP contribution in [0, 0.1) is 11.3 Å². The first-order chi connectivity index (χ1) is 10.1. The quantitative estimate of drug-likeness (QED) is 0.904. The maximum Gasteiger partial charge on any atom is 0.323 e. The molecule has 0 aromatic heterocycles. The third kappa shape index (κ3) is 3.65. The van der Waals surface area contributed by atoms with E-state index >= 15 is 0 Å². The normalized spacial score (nSPS) is 9.57. The minimum Gasteiger partial charge on any atom is -0.495 e. The Hall–Kier alpha value is -2.71. The van der Waals surface area contributed by atoms with Crippen LogP contribution in [0.15, 0.2) is 42.5 Å². The second-order valence-corrected chi connectivity index (χ2v) is 4.52. The fourth-order valence-electron chi connectivity index (χ4n) is 1.73. The van der Waals surface area contributed by atoms with Gasteiger partial charge in [0.1, 0.15) is 17.5 Å². The second kappa shape index (κ2) is 6.64. The smallest absolute Gasteiger partial charge is 0.323 e. The van der Waals surface area contributed by atoms with Gasteiger partial charge in [-0.1, -0.05) is 17.7 Å². The number of carbonyl (C=O) groups excluding carboxylic acids is 1. The monoisotopic (exact) mass is 301 g/mol. The molecule has 0 aliphatic carbocycles. The molecule has 106 valence electrons. The number of urea groups is 1. The summed E-state index contributed by atoms with van der Waals surface area (Å²) in [7, 11) is 1.47. The molecule has 0 bridgehead atoms. The average molecular weight is 302 g/mol. The third-order valence-electron chi connectivity index (χ3n) is 2.71. The van der Waals surface area contributed by atoms with Gasteiger partial charge in [0, 0.05) is 10.7 Å². The molecule has 0 heterocycles. The summed E-state index contributed by atoms with van der Waals surface area (Å²) in [5, 5.41) is 14.9. The first-order valence-electron chi connectivity index (χ1n) is 6.04. The van der Waals surface area contributed by atoms with Crippen LogP contribution in [0.25, 0.3) is 0 Å². The summed E-state index contributed by atoms with van der Waals surface area (Å²) in [5.74, 6) is 0.417. The van der Waals surface area contributed by atoms with Gasteiger partial charge in [0.05, 0.1) is 12.7 Å². The summed E-state index contributed by atoms with van der Waals surface area (Å²) in [4.78, 5) is 12.0. The van der Waals surface area contributed by atoms with Crippen LogP contribution in [-0.2, 0) is 0 Å². The number of nitrogens with one attached hydrogen (secondary N) is 2. The zero-order chi connectivity index (χ0) is 15.2. The van der Waals surface area contributed by atoms with E-state index in [0.29, 0.717) is 27.7 Å². The molecule has 2 amide bonds. The number of carbonyl (C=O) groups is 1. The standard InChI is InChI=1S/C15H12ClN3O2/c1-21-13-4-2-3-10(9-17)14(13)19-15(20)18-12-7-5-11(16)6-8-12/h2-8H,1H3,(H2,18,19,20). The Morgan fingerprint density at radius 3 is 2.52 bits per heavy atom. The number of anilines is 2. The van der Waals surface area contributed by atoms with Crippen molar-refractivity contribution >= 4 is 29.0 Å². The van der Waals surface area contributed by atoms with Crippen LogP contribution in [0.1, 0.15) is 5.56 Å². The molecule has 2 aromatic rings. The molecular formula is C15H12ClN3O2. The fourth-order valence-corrected chi connectivity index (χ4v) is 1.86. The molecule has 0 saturated heterocycles. The van der Waals surface area contributed by atoms with E-state index in [-0.39, 0.29) is 0 Å². The van der Waals surface area contributed by atoms with E-state index in [1.165, 1.54) is 7.11 Å². The summed E-state index contributed by atoms with van der Waals surface area (Å²) in [5.41, 5.74) is 1.24. The number of ether oxygens (including phenoxy) is 1. The lowest BCUT2D eigenvalue weighted by atomic mass is 10.2. The molecule has 0 aliphatic rings. The number of methoxy groups -OCH3 is 1. The van der Waals surface area contributed by atoms with Crippen molar-refractivity contribution in [2.45, 2.75) is 0 Å². The Kier molecular flexibility index (Phi) is 4.64. The zero-order valence-corrected chi connectivity index (χ0v) is 11.9. The van der Waals surface area contributed by atoms with E-state index in [4.69, 9.17) is 21.6 Å². The van der Waals surface area contributed by atoms with E-state index in [1.54, 1.807) is 42.5 Å². The Morgan fingerprint density at radius 2 is 1.90 bits per heavy atom. The van der Waals surface area contributed by atoms with E-state index in [0.717, 1.165) is 0 Å². The van der Waals surface area contributed by atoms with Gasteiger partial charge in [-0.05, 0) is 36.4 Å². The van der Waals surface area contributed by atoms with Crippen molar-refractivity contribution in [3.63, 3.8) is 0 Å². The number of para-hydroxylation sites is 1. The van der Waals surface area contributed by atoms with Crippen LogP contribution in [-0.4, -0.2) is 13.1 Å². The minimum absolute atomic E-state index is 0.320. The Bertz CT molecular complexity index is 693. The van der Waals surface area contributed by atoms with Gasteiger partial charge in [-0.2, -0.15) is 5.26 Å². The van der Waals surface area contributed by atoms with Crippen LogP contribution < -0.4 is 15.4 Å². The topological polar surface area (TPSA) is 74.1 Å². The molecule has 0 saturated carbocycles. The number of halogens is 1. The van der Waals surface area contributed by atoms with Gasteiger partial charge in [-0.15, -0.1) is 0 Å². The van der Waals surface area contributed by atoms with Crippen molar-refractivity contribution in [1.29, 1.82) is 5.26 Å². The lowest BCUT2D eigenvalue weighted by Gasteiger charge is -2.12. The maximum atomic E-state index is 12.0. The summed E-state index contributed by atoms with van der Waals surface area (Å²) in [6.45, 7) is 0. The van der Waals surface area contributed by atoms with Crippen molar-refractivity contribution in [3.8, 4) is 11.8 Å². The van der Waals surface area contributed by atoms with Gasteiger partial charge in [0.2, 0.25) is 0 Å². The summed E-state index contributed by atoms with van der Waals surface area (Å²) < 4.78 is 5.14. The second-order valence-electron chi connectivity index (χ2n) is 4.08. The first kappa shape index (κ1) is 14.7. The van der Waals surface area contributed by atoms with Gasteiger partial charge < -0.3 is 15.4 Å². The van der Waals surface area contributed by atoms with Crippen molar-refractivity contribution in [2.75, 3.05) is 17.7 Å². The number of hydrogen-bond acceptors (Lipinski definition) is 3. The predicted molar refractivity (Wildman–Crippen MR) is 81.8 cm³/mol. The Morgan fingerprint density at radius 1 is 1.19 bits per heavy atom. The van der Waals surface area contributed by atoms with Gasteiger partial charge in [0.15, 0.2) is 0 Å². The van der Waals surface area contributed by atoms with E-state index in [2.05, 4.69) is 10.6 Å². The molecule has 6 heteroatoms. The molecule has 0 fully saturated rings. The highest BCUT2D eigenvalue weighted by Crippen LogP contribution is 2.28. The molecule has 21 heavy (non-hydrogen) atoms. The number of nitrogens with zero attached hydrogens (tertiary/aromatic N) is 1. The molecule has 0 spiro atoms. The molecule has 0 unspecified atom stereocenters. The van der Waals surface area contributed by atoms with Crippen molar-refractivity contribution in [1.82, 2.24) is 0 Å². The minimum atomic E-state index is -0.474. The van der Waals surface area contributed by atoms with Crippen molar-refractivity contribution in [3.05, 3.63) is 53.1 Å². The maximum absolute atomic E-state index is 12.0. The zero-order valence-electron chi connectivity index (χ0n) is 11.2.